The molecule has 42 valence electrons. The van der Waals surface area contributed by atoms with Gasteiger partial charge in [-0.25, -0.2) is 0 Å². The molecule has 0 amide bonds. The van der Waals surface area contributed by atoms with E-state index in [0.717, 1.165) is 10.2 Å². The summed E-state index contributed by atoms with van der Waals surface area (Å²) in [6, 6.07) is 0. The zero-order valence-corrected chi connectivity index (χ0v) is 8.13. The van der Waals surface area contributed by atoms with E-state index in [-0.39, 0.29) is 0 Å². The van der Waals surface area contributed by atoms with Crippen LogP contribution in [0.4, 0.5) is 0 Å². The number of halogens is 1. The zero-order chi connectivity index (χ0) is 5.86. The van der Waals surface area contributed by atoms with Gasteiger partial charge in [0.15, 0.2) is 0 Å². The van der Waals surface area contributed by atoms with Crippen molar-refractivity contribution in [2.24, 2.45) is 5.92 Å². The number of hydrogen-bond acceptors (Lipinski definition) is 0. The SMILES string of the molecule is CC(C)CB(P)I. The van der Waals surface area contributed by atoms with Crippen molar-refractivity contribution in [3.8, 4) is 0 Å². The fraction of sp³-hybridized carbons (Fsp3) is 1.00. The fourth-order valence-electron chi connectivity index (χ4n) is 0.450. The van der Waals surface area contributed by atoms with E-state index in [0.29, 0.717) is 0 Å². The van der Waals surface area contributed by atoms with E-state index < -0.39 is 0 Å². The van der Waals surface area contributed by atoms with Crippen LogP contribution in [0.5, 0.6) is 0 Å². The van der Waals surface area contributed by atoms with Gasteiger partial charge in [0.25, 0.3) is 0 Å². The fourth-order valence-corrected chi connectivity index (χ4v) is 2.01. The van der Waals surface area contributed by atoms with Gasteiger partial charge in [-0.15, -0.1) is 22.4 Å². The Labute approximate surface area is 61.9 Å². The van der Waals surface area contributed by atoms with E-state index in [1.807, 2.05) is 0 Å². The van der Waals surface area contributed by atoms with E-state index in [2.05, 4.69) is 45.3 Å². The second-order valence-electron chi connectivity index (χ2n) is 2.15. The normalized spacial score (nSPS) is 9.86. The summed E-state index contributed by atoms with van der Waals surface area (Å²) in [5.41, 5.74) is 0. The Morgan fingerprint density at radius 2 is 2.14 bits per heavy atom. The lowest BCUT2D eigenvalue weighted by atomic mass is 9.92. The molecule has 0 aromatic rings. The van der Waals surface area contributed by atoms with Gasteiger partial charge < -0.3 is 0 Å². The molecule has 0 N–H and O–H groups in total. The molecule has 0 aromatic heterocycles. The van der Waals surface area contributed by atoms with Crippen LogP contribution in [-0.2, 0) is 0 Å². The summed E-state index contributed by atoms with van der Waals surface area (Å²) in [7, 11) is 2.79. The zero-order valence-electron chi connectivity index (χ0n) is 4.82. The van der Waals surface area contributed by atoms with Crippen LogP contribution in [0, 0.1) is 5.92 Å². The predicted octanol–water partition coefficient (Wildman–Crippen LogP) is 2.44. The minimum Gasteiger partial charge on any atom is -0.159 e. The van der Waals surface area contributed by atoms with E-state index in [4.69, 9.17) is 0 Å². The molecule has 0 fully saturated rings. The highest BCUT2D eigenvalue weighted by atomic mass is 127. The van der Waals surface area contributed by atoms with Crippen molar-refractivity contribution in [1.29, 1.82) is 0 Å². The molecule has 0 bridgehead atoms. The van der Waals surface area contributed by atoms with Gasteiger partial charge in [-0.1, -0.05) is 26.1 Å². The van der Waals surface area contributed by atoms with Crippen LogP contribution >= 0.6 is 31.5 Å². The average molecular weight is 228 g/mol. The van der Waals surface area contributed by atoms with Gasteiger partial charge in [-0.05, 0) is 0 Å². The van der Waals surface area contributed by atoms with Crippen molar-refractivity contribution in [1.82, 2.24) is 0 Å². The molecule has 0 aliphatic rings. The first-order valence-corrected chi connectivity index (χ1v) is 4.44. The molecule has 0 nitrogen and oxygen atoms in total. The molecule has 0 radical (unpaired) electrons. The van der Waals surface area contributed by atoms with Crippen molar-refractivity contribution in [2.75, 3.05) is 0 Å². The summed E-state index contributed by atoms with van der Waals surface area (Å²) in [5.74, 6) is 0.847. The van der Waals surface area contributed by atoms with Gasteiger partial charge in [0.2, 0.25) is 4.29 Å². The Morgan fingerprint density at radius 1 is 1.71 bits per heavy atom. The van der Waals surface area contributed by atoms with Crippen LogP contribution in [0.3, 0.4) is 0 Å². The van der Waals surface area contributed by atoms with E-state index in [1.54, 1.807) is 0 Å². The van der Waals surface area contributed by atoms with Crippen LogP contribution in [0.2, 0.25) is 6.32 Å². The molecule has 7 heavy (non-hydrogen) atoms. The van der Waals surface area contributed by atoms with Gasteiger partial charge in [0.05, 0.1) is 0 Å². The molecule has 0 aromatic carbocycles. The van der Waals surface area contributed by atoms with Gasteiger partial charge >= 0.3 is 0 Å². The summed E-state index contributed by atoms with van der Waals surface area (Å²) in [6.07, 6.45) is 1.31. The smallest absolute Gasteiger partial charge is 0.159 e. The van der Waals surface area contributed by atoms with Crippen molar-refractivity contribution < 1.29 is 0 Å². The van der Waals surface area contributed by atoms with Crippen LogP contribution in [0.1, 0.15) is 13.8 Å². The topological polar surface area (TPSA) is 0 Å². The van der Waals surface area contributed by atoms with E-state index >= 15 is 0 Å². The summed E-state index contributed by atoms with van der Waals surface area (Å²) in [6.45, 7) is 4.49. The molecule has 1 atom stereocenters. The molecule has 0 rings (SSSR count). The Kier molecular flexibility index (Phi) is 4.86. The number of hydrogen-bond donors (Lipinski definition) is 0. The third-order valence-electron chi connectivity index (χ3n) is 0.697. The van der Waals surface area contributed by atoms with Crippen molar-refractivity contribution >= 4 is 35.8 Å². The largest absolute Gasteiger partial charge is 0.239 e. The summed E-state index contributed by atoms with van der Waals surface area (Å²) >= 11 is 2.42. The maximum Gasteiger partial charge on any atom is 0.239 e. The Bertz CT molecular complexity index is 41.0. The first-order chi connectivity index (χ1) is 3.13. The molecular formula is C4H11BIP. The standard InChI is InChI=1S/C4H11BIP/c1-4(2)3-5(6)7/h4H,3,7H2,1-2H3. The lowest BCUT2D eigenvalue weighted by Crippen LogP contribution is -1.95. The maximum absolute atomic E-state index is 2.79. The van der Waals surface area contributed by atoms with Gasteiger partial charge in [0.1, 0.15) is 0 Å². The highest BCUT2D eigenvalue weighted by Crippen LogP contribution is 2.15. The second kappa shape index (κ2) is 4.14. The third kappa shape index (κ3) is 7.22. The van der Waals surface area contributed by atoms with Crippen molar-refractivity contribution in [3.63, 3.8) is 0 Å². The van der Waals surface area contributed by atoms with Crippen molar-refractivity contribution in [2.45, 2.75) is 20.2 Å². The van der Waals surface area contributed by atoms with E-state index in [1.165, 1.54) is 6.32 Å². The minimum atomic E-state index is 0.762. The molecular weight excluding hydrogens is 217 g/mol. The van der Waals surface area contributed by atoms with Crippen LogP contribution < -0.4 is 0 Å². The predicted molar refractivity (Wildman–Crippen MR) is 49.1 cm³/mol. The first kappa shape index (κ1) is 8.22. The van der Waals surface area contributed by atoms with E-state index in [9.17, 15) is 0 Å². The van der Waals surface area contributed by atoms with Gasteiger partial charge in [-0.3, -0.25) is 0 Å². The van der Waals surface area contributed by atoms with Crippen LogP contribution in [0.25, 0.3) is 0 Å². The second-order valence-corrected chi connectivity index (χ2v) is 5.91. The molecule has 0 heterocycles. The lowest BCUT2D eigenvalue weighted by molar-refractivity contribution is 0.733. The van der Waals surface area contributed by atoms with Crippen LogP contribution in [-0.4, -0.2) is 4.29 Å². The van der Waals surface area contributed by atoms with Gasteiger partial charge in [0, 0.05) is 0 Å². The summed E-state index contributed by atoms with van der Waals surface area (Å²) < 4.78 is 0.762. The highest BCUT2D eigenvalue weighted by Gasteiger charge is 2.02. The van der Waals surface area contributed by atoms with Crippen molar-refractivity contribution in [3.05, 3.63) is 0 Å². The lowest BCUT2D eigenvalue weighted by Gasteiger charge is -2.00. The molecule has 0 spiro atoms. The highest BCUT2D eigenvalue weighted by molar-refractivity contribution is 14.1. The Morgan fingerprint density at radius 3 is 2.14 bits per heavy atom. The molecule has 3 heteroatoms. The Hall–Kier alpha value is 1.22. The molecule has 1 unspecified atom stereocenters. The number of rotatable bonds is 2. The first-order valence-electron chi connectivity index (χ1n) is 2.52. The minimum absolute atomic E-state index is 0.762. The summed E-state index contributed by atoms with van der Waals surface area (Å²) in [5, 5.41) is 0. The Balaban J connectivity index is 2.95. The van der Waals surface area contributed by atoms with Gasteiger partial charge in [-0.2, -0.15) is 9.12 Å². The maximum atomic E-state index is 2.79. The third-order valence-corrected chi connectivity index (χ3v) is 1.48. The average Bonchev–Trinajstić information content (AvgIpc) is 1.27. The molecule has 0 saturated heterocycles. The monoisotopic (exact) mass is 228 g/mol. The molecule has 0 aliphatic heterocycles. The quantitative estimate of drug-likeness (QED) is 0.386. The van der Waals surface area contributed by atoms with Crippen LogP contribution in [0.15, 0.2) is 0 Å². The summed E-state index contributed by atoms with van der Waals surface area (Å²) in [4.78, 5) is 0. The molecule has 0 saturated carbocycles. The molecule has 0 aliphatic carbocycles.